The third-order valence-electron chi connectivity index (χ3n) is 3.69. The number of amides is 1. The highest BCUT2D eigenvalue weighted by atomic mass is 19.3. The topological polar surface area (TPSA) is 53.9 Å². The van der Waals surface area contributed by atoms with Gasteiger partial charge in [-0.25, -0.2) is 0 Å². The number of nitrogens with zero attached hydrogens (tertiary/aromatic N) is 2. The molecule has 1 aliphatic rings. The van der Waals surface area contributed by atoms with Crippen molar-refractivity contribution in [2.75, 3.05) is 18.0 Å². The van der Waals surface area contributed by atoms with Crippen molar-refractivity contribution in [3.63, 3.8) is 0 Å². The Hall–Kier alpha value is -2.96. The summed E-state index contributed by atoms with van der Waals surface area (Å²) in [5, 5.41) is 2.82. The van der Waals surface area contributed by atoms with Crippen LogP contribution < -0.4 is 15.0 Å². The fourth-order valence-electron chi connectivity index (χ4n) is 2.53. The van der Waals surface area contributed by atoms with Gasteiger partial charge < -0.3 is 9.64 Å². The van der Waals surface area contributed by atoms with E-state index in [0.717, 1.165) is 12.1 Å². The second-order valence-electron chi connectivity index (χ2n) is 5.40. The van der Waals surface area contributed by atoms with Gasteiger partial charge in [-0.2, -0.15) is 8.78 Å². The molecular weight excluding hydrogens is 328 g/mol. The molecule has 0 unspecified atom stereocenters. The van der Waals surface area contributed by atoms with Crippen molar-refractivity contribution in [3.8, 4) is 5.75 Å². The number of aliphatic imine (C=N–C) groups is 1. The van der Waals surface area contributed by atoms with E-state index in [0.29, 0.717) is 24.6 Å². The molecule has 0 spiro atoms. The molecule has 2 aromatic rings. The van der Waals surface area contributed by atoms with Crippen LogP contribution in [0.2, 0.25) is 0 Å². The maximum Gasteiger partial charge on any atom is 0.387 e. The van der Waals surface area contributed by atoms with Gasteiger partial charge >= 0.3 is 6.61 Å². The standard InChI is InChI=1S/C18H17F2N3O2/c19-17(20)25-15-9-7-14(8-10-15)23-12-4-11-21-18(23)22-16(24)13-5-2-1-3-6-13/h1-3,5-10,17H,4,11-12H2,(H,21,22,24). The number of guanidine groups is 1. The van der Waals surface area contributed by atoms with Crippen LogP contribution in [-0.4, -0.2) is 31.6 Å². The number of nitrogens with one attached hydrogen (secondary N) is 1. The third kappa shape index (κ3) is 4.32. The molecule has 0 bridgehead atoms. The van der Waals surface area contributed by atoms with E-state index in [1.807, 2.05) is 11.0 Å². The van der Waals surface area contributed by atoms with Gasteiger partial charge in [-0.05, 0) is 42.8 Å². The van der Waals surface area contributed by atoms with Crippen LogP contribution in [-0.2, 0) is 0 Å². The van der Waals surface area contributed by atoms with Crippen molar-refractivity contribution in [2.24, 2.45) is 4.99 Å². The van der Waals surface area contributed by atoms with Crippen molar-refractivity contribution in [1.29, 1.82) is 0 Å². The van der Waals surface area contributed by atoms with Crippen LogP contribution in [0.4, 0.5) is 14.5 Å². The summed E-state index contributed by atoms with van der Waals surface area (Å²) in [6.07, 6.45) is 0.833. The van der Waals surface area contributed by atoms with Crippen molar-refractivity contribution in [1.82, 2.24) is 5.32 Å². The van der Waals surface area contributed by atoms with Crippen LogP contribution in [0.5, 0.6) is 5.75 Å². The van der Waals surface area contributed by atoms with E-state index in [1.54, 1.807) is 36.4 Å². The Morgan fingerprint density at radius 3 is 2.52 bits per heavy atom. The van der Waals surface area contributed by atoms with Gasteiger partial charge in [-0.3, -0.25) is 15.1 Å². The van der Waals surface area contributed by atoms with E-state index in [-0.39, 0.29) is 11.7 Å². The number of carbonyl (C=O) groups is 1. The maximum atomic E-state index is 12.3. The Balaban J connectivity index is 1.75. The highest BCUT2D eigenvalue weighted by Crippen LogP contribution is 2.22. The minimum absolute atomic E-state index is 0.0857. The monoisotopic (exact) mass is 345 g/mol. The summed E-state index contributed by atoms with van der Waals surface area (Å²) in [5.41, 5.74) is 1.28. The predicted molar refractivity (Wildman–Crippen MR) is 91.2 cm³/mol. The summed E-state index contributed by atoms with van der Waals surface area (Å²) in [6.45, 7) is -1.57. The lowest BCUT2D eigenvalue weighted by atomic mass is 10.2. The first-order valence-corrected chi connectivity index (χ1v) is 7.87. The van der Waals surface area contributed by atoms with E-state index < -0.39 is 6.61 Å². The largest absolute Gasteiger partial charge is 0.435 e. The highest BCUT2D eigenvalue weighted by molar-refractivity contribution is 6.11. The SMILES string of the molecule is O=C(NC1=NCCCN1c1ccc(OC(F)F)cc1)c1ccccc1. The number of benzene rings is 2. The van der Waals surface area contributed by atoms with E-state index in [9.17, 15) is 13.6 Å². The molecule has 25 heavy (non-hydrogen) atoms. The number of carbonyl (C=O) groups excluding carboxylic acids is 1. The number of ether oxygens (including phenoxy) is 1. The lowest BCUT2D eigenvalue weighted by Crippen LogP contribution is -2.47. The number of alkyl halides is 2. The minimum atomic E-state index is -2.86. The molecule has 1 N–H and O–H groups in total. The highest BCUT2D eigenvalue weighted by Gasteiger charge is 2.20. The fraction of sp³-hybridized carbons (Fsp3) is 0.222. The van der Waals surface area contributed by atoms with Crippen molar-refractivity contribution < 1.29 is 18.3 Å². The summed E-state index contributed by atoms with van der Waals surface area (Å²) in [4.78, 5) is 18.6. The molecule has 0 radical (unpaired) electrons. The summed E-state index contributed by atoms with van der Waals surface area (Å²) in [5.74, 6) is 0.286. The first-order valence-electron chi connectivity index (χ1n) is 7.87. The summed E-state index contributed by atoms with van der Waals surface area (Å²) in [6, 6.07) is 15.1. The van der Waals surface area contributed by atoms with Gasteiger partial charge in [0.1, 0.15) is 5.75 Å². The Kier molecular flexibility index (Phi) is 5.23. The zero-order valence-electron chi connectivity index (χ0n) is 13.4. The minimum Gasteiger partial charge on any atom is -0.435 e. The molecule has 1 amide bonds. The molecule has 5 nitrogen and oxygen atoms in total. The third-order valence-corrected chi connectivity index (χ3v) is 3.69. The molecule has 1 aliphatic heterocycles. The molecule has 0 aromatic heterocycles. The van der Waals surface area contributed by atoms with Gasteiger partial charge in [-0.1, -0.05) is 18.2 Å². The molecule has 7 heteroatoms. The smallest absolute Gasteiger partial charge is 0.387 e. The van der Waals surface area contributed by atoms with E-state index >= 15 is 0 Å². The molecular formula is C18H17F2N3O2. The summed E-state index contributed by atoms with van der Waals surface area (Å²) in [7, 11) is 0. The lowest BCUT2D eigenvalue weighted by Gasteiger charge is -2.29. The molecule has 0 atom stereocenters. The molecule has 0 fully saturated rings. The first kappa shape index (κ1) is 16.9. The van der Waals surface area contributed by atoms with Crippen molar-refractivity contribution >= 4 is 17.6 Å². The van der Waals surface area contributed by atoms with Crippen LogP contribution in [0.25, 0.3) is 0 Å². The van der Waals surface area contributed by atoms with Crippen LogP contribution in [0.3, 0.4) is 0 Å². The normalized spacial score (nSPS) is 14.2. The molecule has 3 rings (SSSR count). The van der Waals surface area contributed by atoms with Crippen LogP contribution in [0, 0.1) is 0 Å². The maximum absolute atomic E-state index is 12.3. The molecule has 0 aliphatic carbocycles. The Morgan fingerprint density at radius 2 is 1.84 bits per heavy atom. The molecule has 0 saturated carbocycles. The van der Waals surface area contributed by atoms with Gasteiger partial charge in [0.2, 0.25) is 5.96 Å². The Labute approximate surface area is 143 Å². The lowest BCUT2D eigenvalue weighted by molar-refractivity contribution is -0.0498. The average Bonchev–Trinajstić information content (AvgIpc) is 2.63. The zero-order valence-corrected chi connectivity index (χ0v) is 13.4. The summed E-state index contributed by atoms with van der Waals surface area (Å²) >= 11 is 0. The van der Waals surface area contributed by atoms with Gasteiger partial charge in [0.15, 0.2) is 0 Å². The van der Waals surface area contributed by atoms with Crippen LogP contribution in [0.1, 0.15) is 16.8 Å². The Morgan fingerprint density at radius 1 is 1.12 bits per heavy atom. The predicted octanol–water partition coefficient (Wildman–Crippen LogP) is 3.28. The van der Waals surface area contributed by atoms with Crippen LogP contribution in [0.15, 0.2) is 59.6 Å². The molecule has 0 saturated heterocycles. The first-order chi connectivity index (χ1) is 12.1. The van der Waals surface area contributed by atoms with Gasteiger partial charge in [0.05, 0.1) is 0 Å². The molecule has 2 aromatic carbocycles. The van der Waals surface area contributed by atoms with Gasteiger partial charge in [0, 0.05) is 24.3 Å². The van der Waals surface area contributed by atoms with E-state index in [4.69, 9.17) is 0 Å². The second kappa shape index (κ2) is 7.74. The average molecular weight is 345 g/mol. The summed E-state index contributed by atoms with van der Waals surface area (Å²) < 4.78 is 28.8. The zero-order chi connectivity index (χ0) is 17.6. The molecule has 1 heterocycles. The van der Waals surface area contributed by atoms with Crippen molar-refractivity contribution in [2.45, 2.75) is 13.0 Å². The quantitative estimate of drug-likeness (QED) is 0.925. The molecule has 130 valence electrons. The number of hydrogen-bond acceptors (Lipinski definition) is 4. The Bertz CT molecular complexity index is 749. The van der Waals surface area contributed by atoms with E-state index in [2.05, 4.69) is 15.0 Å². The van der Waals surface area contributed by atoms with Crippen LogP contribution >= 0.6 is 0 Å². The van der Waals surface area contributed by atoms with Gasteiger partial charge in [-0.15, -0.1) is 0 Å². The number of hydrogen-bond donors (Lipinski definition) is 1. The van der Waals surface area contributed by atoms with Crippen molar-refractivity contribution in [3.05, 3.63) is 60.2 Å². The van der Waals surface area contributed by atoms with E-state index in [1.165, 1.54) is 12.1 Å². The fourth-order valence-corrected chi connectivity index (χ4v) is 2.53. The number of halogens is 2. The number of rotatable bonds is 4. The number of anilines is 1. The second-order valence-corrected chi connectivity index (χ2v) is 5.40. The van der Waals surface area contributed by atoms with Gasteiger partial charge in [0.25, 0.3) is 5.91 Å².